The molecule has 1 N–H and O–H groups in total. The first-order valence-electron chi connectivity index (χ1n) is 13.7. The monoisotopic (exact) mass is 598 g/mol. The van der Waals surface area contributed by atoms with Gasteiger partial charge in [-0.25, -0.2) is 0 Å². The lowest BCUT2D eigenvalue weighted by Crippen LogP contribution is -2.53. The summed E-state index contributed by atoms with van der Waals surface area (Å²) in [5, 5.41) is 4.44. The van der Waals surface area contributed by atoms with Gasteiger partial charge in [-0.3, -0.25) is 9.59 Å². The topological polar surface area (TPSA) is 58.6 Å². The minimum atomic E-state index is -0.650. The predicted molar refractivity (Wildman–Crippen MR) is 165 cm³/mol. The molecule has 212 valence electrons. The number of ether oxygens (including phenoxy) is 1. The molecule has 0 aromatic heterocycles. The zero-order chi connectivity index (χ0) is 28.3. The van der Waals surface area contributed by atoms with E-state index < -0.39 is 6.04 Å². The third kappa shape index (κ3) is 8.92. The second-order valence-electron chi connectivity index (χ2n) is 10.2. The predicted octanol–water partition coefficient (Wildman–Crippen LogP) is 7.32. The van der Waals surface area contributed by atoms with E-state index in [-0.39, 0.29) is 23.6 Å². The van der Waals surface area contributed by atoms with Crippen molar-refractivity contribution in [2.24, 2.45) is 0 Å². The number of rotatable bonds is 12. The average molecular weight is 600 g/mol. The lowest BCUT2D eigenvalue weighted by Gasteiger charge is -2.33. The molecular weight excluding hydrogens is 563 g/mol. The molecular formula is C32H36Cl2N2O3S. The zero-order valence-corrected chi connectivity index (χ0v) is 25.1. The van der Waals surface area contributed by atoms with Crippen LogP contribution in [0.15, 0.2) is 72.8 Å². The minimum Gasteiger partial charge on any atom is -0.497 e. The molecule has 0 spiro atoms. The summed E-state index contributed by atoms with van der Waals surface area (Å²) >= 11 is 13.9. The van der Waals surface area contributed by atoms with Crippen LogP contribution in [0.2, 0.25) is 10.0 Å². The minimum absolute atomic E-state index is 0.0993. The smallest absolute Gasteiger partial charge is 0.243 e. The molecule has 3 aromatic carbocycles. The van der Waals surface area contributed by atoms with Crippen LogP contribution in [0.25, 0.3) is 0 Å². The molecule has 1 aliphatic rings. The van der Waals surface area contributed by atoms with Gasteiger partial charge in [0.2, 0.25) is 11.8 Å². The van der Waals surface area contributed by atoms with Gasteiger partial charge in [-0.15, -0.1) is 11.8 Å². The van der Waals surface area contributed by atoms with Crippen LogP contribution in [0, 0.1) is 0 Å². The number of thioether (sulfide) groups is 1. The van der Waals surface area contributed by atoms with Crippen molar-refractivity contribution in [2.45, 2.75) is 62.9 Å². The molecule has 1 atom stereocenters. The van der Waals surface area contributed by atoms with E-state index in [0.717, 1.165) is 42.4 Å². The van der Waals surface area contributed by atoms with Crippen molar-refractivity contribution in [3.05, 3.63) is 99.5 Å². The van der Waals surface area contributed by atoms with Gasteiger partial charge in [-0.05, 0) is 53.8 Å². The fourth-order valence-electron chi connectivity index (χ4n) is 5.04. The van der Waals surface area contributed by atoms with E-state index in [1.807, 2.05) is 60.7 Å². The second-order valence-corrected chi connectivity index (χ2v) is 12.0. The number of benzene rings is 3. The van der Waals surface area contributed by atoms with Gasteiger partial charge in [0.05, 0.1) is 12.9 Å². The molecule has 3 aromatic rings. The molecule has 0 radical (unpaired) electrons. The third-order valence-electron chi connectivity index (χ3n) is 7.21. The average Bonchev–Trinajstić information content (AvgIpc) is 2.97. The zero-order valence-electron chi connectivity index (χ0n) is 22.8. The highest BCUT2D eigenvalue weighted by Gasteiger charge is 2.32. The molecule has 1 unspecified atom stereocenters. The molecule has 0 bridgehead atoms. The van der Waals surface area contributed by atoms with E-state index in [9.17, 15) is 9.59 Å². The molecule has 40 heavy (non-hydrogen) atoms. The summed E-state index contributed by atoms with van der Waals surface area (Å²) < 4.78 is 5.43. The molecule has 0 saturated heterocycles. The van der Waals surface area contributed by atoms with Crippen LogP contribution < -0.4 is 10.1 Å². The maximum atomic E-state index is 13.9. The number of methoxy groups -OCH3 is 1. The molecule has 0 aliphatic heterocycles. The fourth-order valence-corrected chi connectivity index (χ4v) is 6.50. The van der Waals surface area contributed by atoms with Crippen molar-refractivity contribution in [1.29, 1.82) is 0 Å². The highest BCUT2D eigenvalue weighted by atomic mass is 35.5. The van der Waals surface area contributed by atoms with Gasteiger partial charge in [0.25, 0.3) is 0 Å². The van der Waals surface area contributed by atoms with Crippen molar-refractivity contribution in [3.8, 4) is 5.75 Å². The van der Waals surface area contributed by atoms with E-state index >= 15 is 0 Å². The summed E-state index contributed by atoms with van der Waals surface area (Å²) in [6.07, 6.45) is 5.82. The number of nitrogens with zero attached hydrogens (tertiary/aromatic N) is 1. The number of amides is 2. The number of nitrogens with one attached hydrogen (secondary N) is 1. The fraction of sp³-hybridized carbons (Fsp3) is 0.375. The molecule has 4 rings (SSSR count). The Hall–Kier alpha value is -2.67. The quantitative estimate of drug-likeness (QED) is 0.237. The number of hydrogen-bond acceptors (Lipinski definition) is 4. The molecule has 0 heterocycles. The Balaban J connectivity index is 1.58. The Kier molecular flexibility index (Phi) is 11.6. The Morgan fingerprint density at radius 3 is 2.45 bits per heavy atom. The van der Waals surface area contributed by atoms with E-state index in [1.165, 1.54) is 18.2 Å². The summed E-state index contributed by atoms with van der Waals surface area (Å²) in [7, 11) is 1.62. The number of hydrogen-bond donors (Lipinski definition) is 1. The van der Waals surface area contributed by atoms with E-state index in [4.69, 9.17) is 27.9 Å². The van der Waals surface area contributed by atoms with Crippen molar-refractivity contribution in [2.75, 3.05) is 12.9 Å². The maximum absolute atomic E-state index is 13.9. The van der Waals surface area contributed by atoms with Crippen molar-refractivity contribution in [3.63, 3.8) is 0 Å². The standard InChI is InChI=1S/C32H36Cl2N2O3S/c1-39-28-14-8-11-24(17-28)20-36(31(37)22-40-21-25-15-16-26(33)19-29(25)34)30(18-23-9-4-2-5-10-23)32(38)35-27-12-6-3-7-13-27/h2,4-5,8-11,14-17,19,27,30H,3,6-7,12-13,18,20-22H2,1H3,(H,35,38). The van der Waals surface area contributed by atoms with Gasteiger partial charge in [0.15, 0.2) is 0 Å². The summed E-state index contributed by atoms with van der Waals surface area (Å²) in [6, 6.07) is 22.4. The van der Waals surface area contributed by atoms with Crippen LogP contribution >= 0.6 is 35.0 Å². The summed E-state index contributed by atoms with van der Waals surface area (Å²) in [5.74, 6) is 1.29. The van der Waals surface area contributed by atoms with Gasteiger partial charge in [0, 0.05) is 34.8 Å². The molecule has 8 heteroatoms. The van der Waals surface area contributed by atoms with E-state index in [2.05, 4.69) is 5.32 Å². The number of carbonyl (C=O) groups is 2. The summed E-state index contributed by atoms with van der Waals surface area (Å²) in [6.45, 7) is 0.299. The van der Waals surface area contributed by atoms with Crippen molar-refractivity contribution < 1.29 is 14.3 Å². The van der Waals surface area contributed by atoms with E-state index in [0.29, 0.717) is 34.5 Å². The van der Waals surface area contributed by atoms with Crippen LogP contribution in [0.1, 0.15) is 48.8 Å². The first-order chi connectivity index (χ1) is 19.4. The van der Waals surface area contributed by atoms with Crippen LogP contribution in [0.3, 0.4) is 0 Å². The largest absolute Gasteiger partial charge is 0.497 e. The molecule has 1 fully saturated rings. The summed E-state index contributed by atoms with van der Waals surface area (Å²) in [4.78, 5) is 29.5. The molecule has 5 nitrogen and oxygen atoms in total. The highest BCUT2D eigenvalue weighted by molar-refractivity contribution is 7.99. The first-order valence-corrected chi connectivity index (χ1v) is 15.6. The Morgan fingerprint density at radius 2 is 1.73 bits per heavy atom. The summed E-state index contributed by atoms with van der Waals surface area (Å²) in [5.41, 5.74) is 2.83. The Bertz CT molecular complexity index is 1270. The third-order valence-corrected chi connectivity index (χ3v) is 8.76. The Morgan fingerprint density at radius 1 is 0.975 bits per heavy atom. The van der Waals surface area contributed by atoms with Gasteiger partial charge < -0.3 is 15.0 Å². The lowest BCUT2D eigenvalue weighted by atomic mass is 9.94. The van der Waals surface area contributed by atoms with Gasteiger partial charge in [0.1, 0.15) is 11.8 Å². The van der Waals surface area contributed by atoms with Gasteiger partial charge in [-0.1, -0.05) is 91.0 Å². The molecule has 2 amide bonds. The first kappa shape index (κ1) is 30.3. The van der Waals surface area contributed by atoms with Gasteiger partial charge >= 0.3 is 0 Å². The van der Waals surface area contributed by atoms with Gasteiger partial charge in [-0.2, -0.15) is 0 Å². The maximum Gasteiger partial charge on any atom is 0.243 e. The molecule has 1 aliphatic carbocycles. The Labute approximate surface area is 251 Å². The lowest BCUT2D eigenvalue weighted by molar-refractivity contribution is -0.139. The van der Waals surface area contributed by atoms with Crippen LogP contribution in [0.4, 0.5) is 0 Å². The van der Waals surface area contributed by atoms with Crippen molar-refractivity contribution in [1.82, 2.24) is 10.2 Å². The SMILES string of the molecule is COc1cccc(CN(C(=O)CSCc2ccc(Cl)cc2Cl)C(Cc2ccccc2)C(=O)NC2CCCCC2)c1. The highest BCUT2D eigenvalue weighted by Crippen LogP contribution is 2.26. The number of halogens is 2. The van der Waals surface area contributed by atoms with Crippen molar-refractivity contribution >= 4 is 46.8 Å². The van der Waals surface area contributed by atoms with Crippen LogP contribution in [-0.4, -0.2) is 41.7 Å². The van der Waals surface area contributed by atoms with Crippen LogP contribution in [0.5, 0.6) is 5.75 Å². The van der Waals surface area contributed by atoms with Crippen LogP contribution in [-0.2, 0) is 28.3 Å². The van der Waals surface area contributed by atoms with E-state index in [1.54, 1.807) is 24.1 Å². The normalized spacial score (nSPS) is 14.4. The molecule has 1 saturated carbocycles. The second kappa shape index (κ2) is 15.4. The number of carbonyl (C=O) groups excluding carboxylic acids is 2.